The maximum atomic E-state index is 9.54. The lowest BCUT2D eigenvalue weighted by atomic mass is 10.1. The lowest BCUT2D eigenvalue weighted by Crippen LogP contribution is -2.22. The van der Waals surface area contributed by atoms with Gasteiger partial charge in [0.15, 0.2) is 5.79 Å². The van der Waals surface area contributed by atoms with E-state index in [2.05, 4.69) is 6.92 Å². The Kier molecular flexibility index (Phi) is 4.35. The van der Waals surface area contributed by atoms with Gasteiger partial charge in [-0.25, -0.2) is 0 Å². The summed E-state index contributed by atoms with van der Waals surface area (Å²) in [6.07, 6.45) is 3.62. The van der Waals surface area contributed by atoms with E-state index in [-0.39, 0.29) is 12.2 Å². The molecule has 3 heteroatoms. The van der Waals surface area contributed by atoms with Crippen molar-refractivity contribution in [3.05, 3.63) is 0 Å². The van der Waals surface area contributed by atoms with Crippen molar-refractivity contribution >= 4 is 0 Å². The third-order valence-corrected chi connectivity index (χ3v) is 2.51. The summed E-state index contributed by atoms with van der Waals surface area (Å²) in [4.78, 5) is 0. The van der Waals surface area contributed by atoms with Gasteiger partial charge < -0.3 is 14.6 Å². The Bertz CT molecular complexity index is 168. The molecule has 0 amide bonds. The van der Waals surface area contributed by atoms with E-state index >= 15 is 0 Å². The topological polar surface area (TPSA) is 38.7 Å². The molecule has 0 unspecified atom stereocenters. The van der Waals surface area contributed by atoms with Crippen molar-refractivity contribution in [1.82, 2.24) is 0 Å². The highest BCUT2D eigenvalue weighted by molar-refractivity contribution is 4.72. The molecule has 14 heavy (non-hydrogen) atoms. The van der Waals surface area contributed by atoms with Gasteiger partial charge in [0.25, 0.3) is 0 Å². The van der Waals surface area contributed by atoms with Gasteiger partial charge in [0.1, 0.15) is 0 Å². The molecule has 0 bridgehead atoms. The Morgan fingerprint density at radius 3 is 2.64 bits per heavy atom. The largest absolute Gasteiger partial charge is 0.393 e. The molecule has 84 valence electrons. The normalized spacial score (nSPS) is 27.9. The summed E-state index contributed by atoms with van der Waals surface area (Å²) in [5, 5.41) is 9.54. The summed E-state index contributed by atoms with van der Waals surface area (Å²) in [6.45, 7) is 6.60. The van der Waals surface area contributed by atoms with E-state index in [9.17, 15) is 5.11 Å². The van der Waals surface area contributed by atoms with Crippen LogP contribution in [0.5, 0.6) is 0 Å². The van der Waals surface area contributed by atoms with Crippen LogP contribution in [-0.4, -0.2) is 29.7 Å². The summed E-state index contributed by atoms with van der Waals surface area (Å²) < 4.78 is 11.1. The predicted molar refractivity (Wildman–Crippen MR) is 55.1 cm³/mol. The molecule has 1 saturated heterocycles. The van der Waals surface area contributed by atoms with Crippen LogP contribution in [0.15, 0.2) is 0 Å². The number of rotatable bonds is 5. The van der Waals surface area contributed by atoms with Gasteiger partial charge in [-0.15, -0.1) is 0 Å². The molecule has 0 aromatic carbocycles. The minimum Gasteiger partial charge on any atom is -0.393 e. The first-order valence-corrected chi connectivity index (χ1v) is 5.53. The molecule has 0 aliphatic carbocycles. The lowest BCUT2D eigenvalue weighted by molar-refractivity contribution is -0.139. The van der Waals surface area contributed by atoms with E-state index in [0.29, 0.717) is 6.61 Å². The molecule has 0 spiro atoms. The van der Waals surface area contributed by atoms with Crippen molar-refractivity contribution in [2.75, 3.05) is 6.61 Å². The number of aliphatic hydroxyl groups excluding tert-OH is 1. The van der Waals surface area contributed by atoms with Crippen LogP contribution >= 0.6 is 0 Å². The molecule has 0 aromatic rings. The van der Waals surface area contributed by atoms with Gasteiger partial charge in [-0.2, -0.15) is 0 Å². The van der Waals surface area contributed by atoms with E-state index in [1.807, 2.05) is 13.8 Å². The maximum absolute atomic E-state index is 9.54. The molecular weight excluding hydrogens is 180 g/mol. The average molecular weight is 202 g/mol. The Morgan fingerprint density at radius 1 is 1.43 bits per heavy atom. The summed E-state index contributed by atoms with van der Waals surface area (Å²) in [5.41, 5.74) is 0. The van der Waals surface area contributed by atoms with Crippen LogP contribution in [0.25, 0.3) is 0 Å². The highest BCUT2D eigenvalue weighted by Crippen LogP contribution is 2.25. The quantitative estimate of drug-likeness (QED) is 0.741. The van der Waals surface area contributed by atoms with Gasteiger partial charge in [-0.05, 0) is 33.1 Å². The SMILES string of the molecule is CCC[C@@H](O)CC[C@H]1COC(C)(C)O1. The maximum Gasteiger partial charge on any atom is 0.163 e. The van der Waals surface area contributed by atoms with Crippen molar-refractivity contribution in [3.63, 3.8) is 0 Å². The Hall–Kier alpha value is -0.120. The Labute approximate surface area is 86.4 Å². The fourth-order valence-corrected chi connectivity index (χ4v) is 1.76. The highest BCUT2D eigenvalue weighted by atomic mass is 16.7. The molecule has 2 atom stereocenters. The highest BCUT2D eigenvalue weighted by Gasteiger charge is 2.32. The minimum atomic E-state index is -0.430. The first kappa shape index (κ1) is 12.0. The van der Waals surface area contributed by atoms with Crippen molar-refractivity contribution in [2.45, 2.75) is 64.4 Å². The number of hydrogen-bond donors (Lipinski definition) is 1. The van der Waals surface area contributed by atoms with Crippen LogP contribution in [-0.2, 0) is 9.47 Å². The van der Waals surface area contributed by atoms with Crippen LogP contribution in [0.3, 0.4) is 0 Å². The lowest BCUT2D eigenvalue weighted by Gasteiger charge is -2.17. The van der Waals surface area contributed by atoms with E-state index in [0.717, 1.165) is 25.7 Å². The minimum absolute atomic E-state index is 0.163. The van der Waals surface area contributed by atoms with E-state index in [1.165, 1.54) is 0 Å². The first-order chi connectivity index (χ1) is 6.53. The van der Waals surface area contributed by atoms with Gasteiger partial charge in [0, 0.05) is 0 Å². The van der Waals surface area contributed by atoms with Gasteiger partial charge in [0.2, 0.25) is 0 Å². The number of ether oxygens (including phenoxy) is 2. The second kappa shape index (κ2) is 5.10. The molecule has 0 aromatic heterocycles. The molecule has 1 heterocycles. The van der Waals surface area contributed by atoms with Gasteiger partial charge in [0.05, 0.1) is 18.8 Å². The molecule has 0 radical (unpaired) electrons. The second-order valence-electron chi connectivity index (χ2n) is 4.47. The van der Waals surface area contributed by atoms with Crippen LogP contribution in [0.1, 0.15) is 46.5 Å². The van der Waals surface area contributed by atoms with Crippen LogP contribution in [0, 0.1) is 0 Å². The van der Waals surface area contributed by atoms with Crippen LogP contribution in [0.4, 0.5) is 0 Å². The zero-order chi connectivity index (χ0) is 10.6. The Balaban J connectivity index is 2.14. The fourth-order valence-electron chi connectivity index (χ4n) is 1.76. The summed E-state index contributed by atoms with van der Waals surface area (Å²) >= 11 is 0. The molecule has 1 fully saturated rings. The zero-order valence-electron chi connectivity index (χ0n) is 9.45. The summed E-state index contributed by atoms with van der Waals surface area (Å²) in [6, 6.07) is 0. The molecule has 1 aliphatic heterocycles. The zero-order valence-corrected chi connectivity index (χ0v) is 9.45. The van der Waals surface area contributed by atoms with Gasteiger partial charge in [-0.1, -0.05) is 13.3 Å². The van der Waals surface area contributed by atoms with Gasteiger partial charge >= 0.3 is 0 Å². The average Bonchev–Trinajstić information content (AvgIpc) is 2.43. The molecule has 3 nitrogen and oxygen atoms in total. The molecular formula is C11H22O3. The van der Waals surface area contributed by atoms with E-state index < -0.39 is 5.79 Å². The third kappa shape index (κ3) is 3.95. The van der Waals surface area contributed by atoms with E-state index in [1.54, 1.807) is 0 Å². The predicted octanol–water partition coefficient (Wildman–Crippen LogP) is 2.08. The molecule has 0 saturated carbocycles. The van der Waals surface area contributed by atoms with Crippen LogP contribution in [0.2, 0.25) is 0 Å². The standard InChI is InChI=1S/C11H22O3/c1-4-5-9(12)6-7-10-8-13-11(2,3)14-10/h9-10,12H,4-8H2,1-3H3/t9-,10+/m1/s1. The fraction of sp³-hybridized carbons (Fsp3) is 1.00. The monoisotopic (exact) mass is 202 g/mol. The van der Waals surface area contributed by atoms with Crippen LogP contribution < -0.4 is 0 Å². The first-order valence-electron chi connectivity index (χ1n) is 5.53. The van der Waals surface area contributed by atoms with Crippen molar-refractivity contribution in [1.29, 1.82) is 0 Å². The molecule has 1 aliphatic rings. The van der Waals surface area contributed by atoms with Gasteiger partial charge in [-0.3, -0.25) is 0 Å². The molecule has 1 rings (SSSR count). The smallest absolute Gasteiger partial charge is 0.163 e. The van der Waals surface area contributed by atoms with Crippen molar-refractivity contribution in [3.8, 4) is 0 Å². The Morgan fingerprint density at radius 2 is 2.14 bits per heavy atom. The van der Waals surface area contributed by atoms with E-state index in [4.69, 9.17) is 9.47 Å². The second-order valence-corrected chi connectivity index (χ2v) is 4.47. The molecule has 1 N–H and O–H groups in total. The summed E-state index contributed by atoms with van der Waals surface area (Å²) in [5.74, 6) is -0.430. The van der Waals surface area contributed by atoms with Crippen molar-refractivity contribution < 1.29 is 14.6 Å². The summed E-state index contributed by atoms with van der Waals surface area (Å²) in [7, 11) is 0. The number of hydrogen-bond acceptors (Lipinski definition) is 3. The van der Waals surface area contributed by atoms with Crippen molar-refractivity contribution in [2.24, 2.45) is 0 Å². The number of aliphatic hydroxyl groups is 1. The third-order valence-electron chi connectivity index (χ3n) is 2.51.